The third kappa shape index (κ3) is 84.1. The minimum atomic E-state index is -0.670. The van der Waals surface area contributed by atoms with E-state index in [2.05, 4.69) is 29.4 Å². The SMILES string of the molecule is CCCCCCCC(=O)O.CCCCCCCCOO.[NH-]CCCCCC[NH2+]CC[NH2+]CCCCCC[NH-].[NH2-].[NH2-].[NH2-].[NH2-].[Pt].[Pt]. The van der Waals surface area contributed by atoms with Crippen LogP contribution in [0.2, 0.25) is 0 Å². The largest absolute Gasteiger partial charge is 0.693 e. The number of hydrogen-bond acceptors (Lipinski definition) is 3. The van der Waals surface area contributed by atoms with Crippen molar-refractivity contribution in [3.63, 3.8) is 0 Å². The molecule has 0 heterocycles. The van der Waals surface area contributed by atoms with Gasteiger partial charge in [0.1, 0.15) is 13.1 Å². The molecular formula is C30H76N8O4Pt2-4. The van der Waals surface area contributed by atoms with Crippen molar-refractivity contribution in [2.45, 2.75) is 142 Å². The van der Waals surface area contributed by atoms with Crippen LogP contribution in [-0.4, -0.2) is 62.2 Å². The maximum Gasteiger partial charge on any atom is 0.303 e. The van der Waals surface area contributed by atoms with Gasteiger partial charge in [-0.1, -0.05) is 97.3 Å². The molecule has 44 heavy (non-hydrogen) atoms. The van der Waals surface area contributed by atoms with Gasteiger partial charge >= 0.3 is 5.97 Å². The first-order valence-electron chi connectivity index (χ1n) is 16.0. The molecule has 0 fully saturated rings. The van der Waals surface area contributed by atoms with Crippen LogP contribution in [-0.2, 0) is 51.8 Å². The second-order valence-electron chi connectivity index (χ2n) is 10.2. The summed E-state index contributed by atoms with van der Waals surface area (Å²) in [6.45, 7) is 11.0. The van der Waals surface area contributed by atoms with E-state index in [1.54, 1.807) is 0 Å². The van der Waals surface area contributed by atoms with Crippen molar-refractivity contribution in [3.05, 3.63) is 36.1 Å². The van der Waals surface area contributed by atoms with Gasteiger partial charge in [0.05, 0.1) is 19.7 Å². The number of hydrogen-bond donors (Lipinski definition) is 4. The molecule has 0 aliphatic carbocycles. The number of unbranched alkanes of at least 4 members (excludes halogenated alkanes) is 15. The van der Waals surface area contributed by atoms with Crippen molar-refractivity contribution in [2.75, 3.05) is 45.9 Å². The Kier molecular flexibility index (Phi) is 106. The van der Waals surface area contributed by atoms with E-state index in [-0.39, 0.29) is 66.7 Å². The third-order valence-corrected chi connectivity index (χ3v) is 6.33. The molecule has 0 amide bonds. The molecule has 0 unspecified atom stereocenters. The van der Waals surface area contributed by atoms with Gasteiger partial charge in [0.15, 0.2) is 0 Å². The van der Waals surface area contributed by atoms with Crippen LogP contribution in [0, 0.1) is 0 Å². The fourth-order valence-corrected chi connectivity index (χ4v) is 3.89. The van der Waals surface area contributed by atoms with Gasteiger partial charge in [-0.25, -0.2) is 4.89 Å². The van der Waals surface area contributed by atoms with Crippen molar-refractivity contribution < 1.29 is 72.8 Å². The summed E-state index contributed by atoms with van der Waals surface area (Å²) >= 11 is 0. The van der Waals surface area contributed by atoms with Gasteiger partial charge in [0.2, 0.25) is 0 Å². The smallest absolute Gasteiger partial charge is 0.303 e. The third-order valence-electron chi connectivity index (χ3n) is 6.33. The van der Waals surface area contributed by atoms with Crippen molar-refractivity contribution in [3.8, 4) is 0 Å². The van der Waals surface area contributed by atoms with Crippen molar-refractivity contribution in [1.29, 1.82) is 0 Å². The summed E-state index contributed by atoms with van der Waals surface area (Å²) in [4.78, 5) is 14.0. The number of aliphatic carboxylic acids is 1. The molecule has 0 radical (unpaired) electrons. The molecular weight excluding hydrogens is 927 g/mol. The molecule has 0 bridgehead atoms. The molecule has 0 saturated carbocycles. The number of nitrogens with two attached hydrogens (primary N) is 6. The van der Waals surface area contributed by atoms with E-state index in [1.807, 2.05) is 0 Å². The van der Waals surface area contributed by atoms with E-state index in [9.17, 15) is 4.79 Å². The molecule has 0 aromatic heterocycles. The standard InChI is InChI=1S/C14H32N4.C8H18O2.C8H16O2.4H2N.2Pt/c15-9-5-1-3-7-11-17-13-14-18-12-8-4-2-6-10-16;1-2-3-4-5-6-7-8-10-9;1-2-3-4-5-6-7-8(9)10;;;;;;/h15-18H,1-14H2;9H,2-8H2,1H3;2-7H2,1H3,(H,9,10);4*1H2;;/q-2;;;4*-1;;/p+2. The summed E-state index contributed by atoms with van der Waals surface area (Å²) in [5.74, 6) is -0.670. The fraction of sp³-hybridized carbons (Fsp3) is 0.967. The first kappa shape index (κ1) is 66.8. The minimum absolute atomic E-state index is 0. The van der Waals surface area contributed by atoms with E-state index in [0.29, 0.717) is 26.1 Å². The Balaban J connectivity index is -0.0000000592. The Morgan fingerprint density at radius 3 is 1.25 bits per heavy atom. The van der Waals surface area contributed by atoms with Crippen LogP contribution < -0.4 is 10.6 Å². The first-order valence-corrected chi connectivity index (χ1v) is 16.0. The minimum Gasteiger partial charge on any atom is -0.693 e. The van der Waals surface area contributed by atoms with Gasteiger partial charge in [-0.3, -0.25) is 10.1 Å². The van der Waals surface area contributed by atoms with Crippen molar-refractivity contribution in [1.82, 2.24) is 0 Å². The molecule has 16 N–H and O–H groups in total. The molecule has 0 saturated heterocycles. The summed E-state index contributed by atoms with van der Waals surface area (Å²) in [7, 11) is 0. The van der Waals surface area contributed by atoms with Crippen LogP contribution in [0.5, 0.6) is 0 Å². The fourth-order valence-electron chi connectivity index (χ4n) is 3.89. The second kappa shape index (κ2) is 70.0. The number of carboxylic acid groups (broad SMARTS) is 1. The maximum atomic E-state index is 10.0. The monoisotopic (exact) mass is 1000 g/mol. The summed E-state index contributed by atoms with van der Waals surface area (Å²) in [6, 6.07) is 0. The van der Waals surface area contributed by atoms with Gasteiger partial charge in [-0.05, 0) is 38.5 Å². The maximum absolute atomic E-state index is 10.0. The first-order chi connectivity index (χ1) is 18.6. The van der Waals surface area contributed by atoms with Gasteiger partial charge in [-0.15, -0.1) is 0 Å². The molecule has 284 valence electrons. The molecule has 0 rings (SSSR count). The quantitative estimate of drug-likeness (QED) is 0.0338. The molecule has 14 heteroatoms. The Morgan fingerprint density at radius 2 is 0.886 bits per heavy atom. The Hall–Kier alpha value is 0.447. The van der Waals surface area contributed by atoms with Gasteiger partial charge < -0.3 is 51.8 Å². The zero-order valence-corrected chi connectivity index (χ0v) is 32.9. The Labute approximate surface area is 301 Å². The average molecular weight is 1000 g/mol. The molecule has 12 nitrogen and oxygen atoms in total. The van der Waals surface area contributed by atoms with Gasteiger partial charge in [0, 0.05) is 48.6 Å². The van der Waals surface area contributed by atoms with E-state index in [0.717, 1.165) is 32.1 Å². The molecule has 0 aromatic carbocycles. The zero-order chi connectivity index (χ0) is 28.8. The van der Waals surface area contributed by atoms with E-state index in [4.69, 9.17) is 21.8 Å². The van der Waals surface area contributed by atoms with Crippen LogP contribution in [0.25, 0.3) is 36.1 Å². The van der Waals surface area contributed by atoms with Gasteiger partial charge in [0.25, 0.3) is 0 Å². The van der Waals surface area contributed by atoms with E-state index < -0.39 is 5.97 Å². The number of carbonyl (C=O) groups is 1. The number of quaternary nitrogens is 2. The Morgan fingerprint density at radius 1 is 0.545 bits per heavy atom. The predicted octanol–water partition coefficient (Wildman–Crippen LogP) is 9.47. The van der Waals surface area contributed by atoms with Crippen LogP contribution in [0.4, 0.5) is 0 Å². The van der Waals surface area contributed by atoms with Crippen molar-refractivity contribution >= 4 is 5.97 Å². The topological polar surface area (TPSA) is 282 Å². The molecule has 0 spiro atoms. The van der Waals surface area contributed by atoms with E-state index >= 15 is 0 Å². The molecule has 0 aromatic rings. The van der Waals surface area contributed by atoms with E-state index in [1.165, 1.54) is 116 Å². The zero-order valence-electron chi connectivity index (χ0n) is 28.4. The predicted molar refractivity (Wildman–Crippen MR) is 183 cm³/mol. The number of nitrogens with one attached hydrogen (secondary N) is 2. The molecule has 0 aliphatic rings. The number of rotatable bonds is 28. The van der Waals surface area contributed by atoms with Gasteiger partial charge in [-0.2, -0.15) is 13.1 Å². The van der Waals surface area contributed by atoms with Crippen LogP contribution in [0.1, 0.15) is 142 Å². The van der Waals surface area contributed by atoms with Crippen LogP contribution >= 0.6 is 0 Å². The summed E-state index contributed by atoms with van der Waals surface area (Å²) in [5.41, 5.74) is 14.1. The van der Waals surface area contributed by atoms with Crippen LogP contribution in [0.3, 0.4) is 0 Å². The normalized spacial score (nSPS) is 9.02. The Bertz CT molecular complexity index is 403. The second-order valence-corrected chi connectivity index (χ2v) is 10.2. The van der Waals surface area contributed by atoms with Crippen molar-refractivity contribution in [2.24, 2.45) is 0 Å². The van der Waals surface area contributed by atoms with Crippen LogP contribution in [0.15, 0.2) is 0 Å². The summed E-state index contributed by atoms with van der Waals surface area (Å²) in [6.07, 6.45) is 23.1. The molecule has 0 aliphatic heterocycles. The summed E-state index contributed by atoms with van der Waals surface area (Å²) in [5, 5.41) is 21.1. The molecule has 0 atom stereocenters. The average Bonchev–Trinajstić information content (AvgIpc) is 2.91. The number of carboxylic acids is 1. The summed E-state index contributed by atoms with van der Waals surface area (Å²) < 4.78 is 0.